The number of ether oxygens (including phenoxy) is 1. The third-order valence-electron chi connectivity index (χ3n) is 2.67. The van der Waals surface area contributed by atoms with Gasteiger partial charge in [-0.1, -0.05) is 13.8 Å². The molecule has 88 valence electrons. The first-order chi connectivity index (χ1) is 7.13. The zero-order valence-electron chi connectivity index (χ0n) is 9.61. The number of carbonyl (C=O) groups is 1. The van der Waals surface area contributed by atoms with E-state index in [4.69, 9.17) is 9.84 Å². The van der Waals surface area contributed by atoms with E-state index in [1.807, 2.05) is 13.8 Å². The van der Waals surface area contributed by atoms with Crippen molar-refractivity contribution in [1.29, 1.82) is 0 Å². The molecule has 4 heteroatoms. The van der Waals surface area contributed by atoms with Gasteiger partial charge in [-0.15, -0.1) is 0 Å². The summed E-state index contributed by atoms with van der Waals surface area (Å²) in [5.74, 6) is 0.739. The molecule has 1 aliphatic heterocycles. The molecule has 0 spiro atoms. The first-order valence-electron chi connectivity index (χ1n) is 5.66. The van der Waals surface area contributed by atoms with E-state index in [1.54, 1.807) is 4.90 Å². The summed E-state index contributed by atoms with van der Waals surface area (Å²) in [4.78, 5) is 13.3. The van der Waals surface area contributed by atoms with Crippen LogP contribution < -0.4 is 0 Å². The molecule has 4 nitrogen and oxygen atoms in total. The van der Waals surface area contributed by atoms with Gasteiger partial charge in [-0.25, -0.2) is 4.79 Å². The number of hydrogen-bond acceptors (Lipinski definition) is 3. The van der Waals surface area contributed by atoms with E-state index >= 15 is 0 Å². The number of amides is 1. The number of likely N-dealkylation sites (tertiary alicyclic amines) is 1. The van der Waals surface area contributed by atoms with E-state index in [9.17, 15) is 4.79 Å². The molecule has 1 amide bonds. The van der Waals surface area contributed by atoms with Gasteiger partial charge in [0.05, 0.1) is 6.61 Å². The zero-order valence-corrected chi connectivity index (χ0v) is 9.61. The van der Waals surface area contributed by atoms with Crippen LogP contribution in [0.15, 0.2) is 0 Å². The Bertz CT molecular complexity index is 198. The van der Waals surface area contributed by atoms with Gasteiger partial charge in [0, 0.05) is 19.7 Å². The molecule has 1 aliphatic rings. The van der Waals surface area contributed by atoms with Crippen molar-refractivity contribution in [2.75, 3.05) is 26.3 Å². The monoisotopic (exact) mass is 215 g/mol. The summed E-state index contributed by atoms with van der Waals surface area (Å²) in [6.45, 7) is 6.18. The number of aliphatic hydroxyl groups excluding tert-OH is 1. The first kappa shape index (κ1) is 12.3. The van der Waals surface area contributed by atoms with Gasteiger partial charge < -0.3 is 14.7 Å². The van der Waals surface area contributed by atoms with Crippen molar-refractivity contribution in [1.82, 2.24) is 4.90 Å². The number of carbonyl (C=O) groups excluding carboxylic acids is 1. The molecular weight excluding hydrogens is 194 g/mol. The van der Waals surface area contributed by atoms with Crippen molar-refractivity contribution in [3.8, 4) is 0 Å². The van der Waals surface area contributed by atoms with Crippen LogP contribution in [-0.2, 0) is 4.74 Å². The van der Waals surface area contributed by atoms with Crippen LogP contribution in [0.5, 0.6) is 0 Å². The van der Waals surface area contributed by atoms with Crippen molar-refractivity contribution < 1.29 is 14.6 Å². The Hall–Kier alpha value is -0.770. The summed E-state index contributed by atoms with van der Waals surface area (Å²) in [7, 11) is 0. The standard InChI is InChI=1S/C11H21NO3/c1-9(2)8-15-11(14)12-5-3-10(7-13)4-6-12/h9-10,13H,3-8H2,1-2H3. The number of nitrogens with zero attached hydrogens (tertiary/aromatic N) is 1. The number of piperidine rings is 1. The number of rotatable bonds is 3. The Labute approximate surface area is 91.2 Å². The highest BCUT2D eigenvalue weighted by Crippen LogP contribution is 2.16. The van der Waals surface area contributed by atoms with Gasteiger partial charge in [0.25, 0.3) is 0 Å². The lowest BCUT2D eigenvalue weighted by molar-refractivity contribution is 0.0714. The highest BCUT2D eigenvalue weighted by molar-refractivity contribution is 5.67. The van der Waals surface area contributed by atoms with E-state index in [2.05, 4.69) is 0 Å². The largest absolute Gasteiger partial charge is 0.449 e. The van der Waals surface area contributed by atoms with Crippen LogP contribution in [0.2, 0.25) is 0 Å². The van der Waals surface area contributed by atoms with Gasteiger partial charge in [0.2, 0.25) is 0 Å². The fourth-order valence-corrected chi connectivity index (χ4v) is 1.63. The summed E-state index contributed by atoms with van der Waals surface area (Å²) in [6.07, 6.45) is 1.56. The molecule has 1 fully saturated rings. The van der Waals surface area contributed by atoms with Gasteiger partial charge in [-0.3, -0.25) is 0 Å². The molecule has 0 aromatic heterocycles. The van der Waals surface area contributed by atoms with Crippen LogP contribution in [0, 0.1) is 11.8 Å². The molecule has 1 saturated heterocycles. The Morgan fingerprint density at radius 3 is 2.53 bits per heavy atom. The maximum atomic E-state index is 11.5. The minimum Gasteiger partial charge on any atom is -0.449 e. The minimum atomic E-state index is -0.208. The highest BCUT2D eigenvalue weighted by atomic mass is 16.6. The average Bonchev–Trinajstić information content (AvgIpc) is 2.26. The lowest BCUT2D eigenvalue weighted by atomic mass is 9.98. The van der Waals surface area contributed by atoms with Crippen molar-refractivity contribution in [3.05, 3.63) is 0 Å². The first-order valence-corrected chi connectivity index (χ1v) is 5.66. The van der Waals surface area contributed by atoms with Gasteiger partial charge >= 0.3 is 6.09 Å². The molecule has 0 atom stereocenters. The van der Waals surface area contributed by atoms with E-state index in [-0.39, 0.29) is 12.7 Å². The third-order valence-corrected chi connectivity index (χ3v) is 2.67. The maximum Gasteiger partial charge on any atom is 0.409 e. The van der Waals surface area contributed by atoms with Gasteiger partial charge in [0.1, 0.15) is 0 Å². The lowest BCUT2D eigenvalue weighted by Crippen LogP contribution is -2.39. The third kappa shape index (κ3) is 4.08. The summed E-state index contributed by atoms with van der Waals surface area (Å²) in [5.41, 5.74) is 0. The zero-order chi connectivity index (χ0) is 11.3. The Kier molecular flexibility index (Phi) is 4.88. The SMILES string of the molecule is CC(C)COC(=O)N1CCC(CO)CC1. The molecule has 1 N–H and O–H groups in total. The highest BCUT2D eigenvalue weighted by Gasteiger charge is 2.23. The van der Waals surface area contributed by atoms with E-state index in [0.717, 1.165) is 12.8 Å². The Morgan fingerprint density at radius 2 is 2.07 bits per heavy atom. The smallest absolute Gasteiger partial charge is 0.409 e. The van der Waals surface area contributed by atoms with Crippen LogP contribution >= 0.6 is 0 Å². The Morgan fingerprint density at radius 1 is 1.47 bits per heavy atom. The van der Waals surface area contributed by atoms with Gasteiger partial charge in [-0.05, 0) is 24.7 Å². The summed E-state index contributed by atoms with van der Waals surface area (Å²) < 4.78 is 5.14. The predicted octanol–water partition coefficient (Wildman–Crippen LogP) is 1.48. The van der Waals surface area contributed by atoms with Crippen molar-refractivity contribution >= 4 is 6.09 Å². The van der Waals surface area contributed by atoms with Crippen molar-refractivity contribution in [2.24, 2.45) is 11.8 Å². The second-order valence-electron chi connectivity index (χ2n) is 4.58. The van der Waals surface area contributed by atoms with E-state index < -0.39 is 0 Å². The topological polar surface area (TPSA) is 49.8 Å². The molecule has 0 bridgehead atoms. The lowest BCUT2D eigenvalue weighted by Gasteiger charge is -2.30. The Balaban J connectivity index is 2.24. The van der Waals surface area contributed by atoms with Crippen molar-refractivity contribution in [3.63, 3.8) is 0 Å². The van der Waals surface area contributed by atoms with E-state index in [1.165, 1.54) is 0 Å². The second kappa shape index (κ2) is 5.95. The van der Waals surface area contributed by atoms with Crippen molar-refractivity contribution in [2.45, 2.75) is 26.7 Å². The van der Waals surface area contributed by atoms with Crippen LogP contribution in [0.3, 0.4) is 0 Å². The molecule has 0 aliphatic carbocycles. The molecule has 1 heterocycles. The maximum absolute atomic E-state index is 11.5. The van der Waals surface area contributed by atoms with E-state index in [0.29, 0.717) is 31.5 Å². The van der Waals surface area contributed by atoms with Crippen LogP contribution in [0.1, 0.15) is 26.7 Å². The molecule has 0 unspecified atom stereocenters. The summed E-state index contributed by atoms with van der Waals surface area (Å²) in [5, 5.41) is 8.96. The van der Waals surface area contributed by atoms with Gasteiger partial charge in [0.15, 0.2) is 0 Å². The summed E-state index contributed by atoms with van der Waals surface area (Å²) in [6, 6.07) is 0. The second-order valence-corrected chi connectivity index (χ2v) is 4.58. The normalized spacial score (nSPS) is 18.3. The van der Waals surface area contributed by atoms with Crippen LogP contribution in [0.25, 0.3) is 0 Å². The molecule has 0 aromatic rings. The number of aliphatic hydroxyl groups is 1. The summed E-state index contributed by atoms with van der Waals surface area (Å²) >= 11 is 0. The number of hydrogen-bond donors (Lipinski definition) is 1. The molecule has 0 saturated carbocycles. The molecule has 0 aromatic carbocycles. The quantitative estimate of drug-likeness (QED) is 0.776. The molecule has 1 rings (SSSR count). The van der Waals surface area contributed by atoms with Gasteiger partial charge in [-0.2, -0.15) is 0 Å². The fraction of sp³-hybridized carbons (Fsp3) is 0.909. The molecule has 0 radical (unpaired) electrons. The minimum absolute atomic E-state index is 0.208. The predicted molar refractivity (Wildman–Crippen MR) is 57.6 cm³/mol. The van der Waals surface area contributed by atoms with Crippen LogP contribution in [-0.4, -0.2) is 42.4 Å². The van der Waals surface area contributed by atoms with Crippen LogP contribution in [0.4, 0.5) is 4.79 Å². The average molecular weight is 215 g/mol. The molecular formula is C11H21NO3. The molecule has 15 heavy (non-hydrogen) atoms. The fourth-order valence-electron chi connectivity index (χ4n) is 1.63.